The third-order valence-corrected chi connectivity index (χ3v) is 4.62. The zero-order valence-electron chi connectivity index (χ0n) is 19.4. The van der Waals surface area contributed by atoms with E-state index in [1.54, 1.807) is 0 Å². The average molecular weight is 561 g/mol. The molecular weight excluding hydrogens is 525 g/mol. The lowest BCUT2D eigenvalue weighted by Crippen LogP contribution is -2.40. The van der Waals surface area contributed by atoms with Crippen LogP contribution in [0.4, 0.5) is 4.79 Å². The van der Waals surface area contributed by atoms with E-state index in [0.29, 0.717) is 32.3 Å². The van der Waals surface area contributed by atoms with E-state index >= 15 is 0 Å². The first-order valence-corrected chi connectivity index (χ1v) is 11.0. The number of rotatable bonds is 12. The molecule has 1 unspecified atom stereocenters. The van der Waals surface area contributed by atoms with Crippen LogP contribution in [0.5, 0.6) is 11.5 Å². The van der Waals surface area contributed by atoms with Gasteiger partial charge in [-0.05, 0) is 44.4 Å². The second-order valence-electron chi connectivity index (χ2n) is 7.23. The minimum absolute atomic E-state index is 0. The van der Waals surface area contributed by atoms with E-state index in [1.807, 2.05) is 32.0 Å². The van der Waals surface area contributed by atoms with Crippen LogP contribution < -0.4 is 25.4 Å². The van der Waals surface area contributed by atoms with E-state index < -0.39 is 0 Å². The van der Waals surface area contributed by atoms with Crippen LogP contribution in [0.25, 0.3) is 0 Å². The van der Waals surface area contributed by atoms with Gasteiger partial charge in [0.2, 0.25) is 5.91 Å². The number of carbonyl (C=O) groups is 2. The van der Waals surface area contributed by atoms with Gasteiger partial charge in [0.05, 0.1) is 38.9 Å². The number of nitrogens with zero attached hydrogens (tertiary/aromatic N) is 2. The van der Waals surface area contributed by atoms with Gasteiger partial charge in [-0.25, -0.2) is 4.79 Å². The van der Waals surface area contributed by atoms with E-state index in [2.05, 4.69) is 34.8 Å². The molecule has 1 aliphatic rings. The normalized spacial score (nSPS) is 14.5. The molecule has 9 nitrogen and oxygen atoms in total. The van der Waals surface area contributed by atoms with Gasteiger partial charge < -0.3 is 25.4 Å². The van der Waals surface area contributed by atoms with Crippen LogP contribution in [0.1, 0.15) is 52.1 Å². The zero-order chi connectivity index (χ0) is 22.6. The summed E-state index contributed by atoms with van der Waals surface area (Å²) in [6, 6.07) is 5.54. The molecule has 3 amide bonds. The first-order chi connectivity index (χ1) is 15.0. The van der Waals surface area contributed by atoms with Crippen LogP contribution in [-0.2, 0) is 4.79 Å². The maximum Gasteiger partial charge on any atom is 0.324 e. The second kappa shape index (κ2) is 14.8. The van der Waals surface area contributed by atoms with Gasteiger partial charge in [-0.1, -0.05) is 19.9 Å². The van der Waals surface area contributed by atoms with E-state index in [0.717, 1.165) is 29.9 Å². The summed E-state index contributed by atoms with van der Waals surface area (Å²) in [4.78, 5) is 29.0. The molecule has 3 N–H and O–H groups in total. The molecule has 2 rings (SSSR count). The van der Waals surface area contributed by atoms with Gasteiger partial charge in [-0.3, -0.25) is 14.7 Å². The Balaban J connectivity index is 0.00000512. The van der Waals surface area contributed by atoms with Crippen molar-refractivity contribution < 1.29 is 19.1 Å². The van der Waals surface area contributed by atoms with E-state index in [9.17, 15) is 9.59 Å². The van der Waals surface area contributed by atoms with Gasteiger partial charge in [0.15, 0.2) is 17.5 Å². The van der Waals surface area contributed by atoms with E-state index in [1.165, 1.54) is 4.90 Å². The minimum atomic E-state index is -0.364. The van der Waals surface area contributed by atoms with Gasteiger partial charge >= 0.3 is 6.03 Å². The fourth-order valence-corrected chi connectivity index (χ4v) is 3.00. The molecule has 10 heteroatoms. The average Bonchev–Trinajstić information content (AvgIpc) is 3.08. The summed E-state index contributed by atoms with van der Waals surface area (Å²) in [5, 5.41) is 9.07. The van der Waals surface area contributed by atoms with Gasteiger partial charge in [-0.2, -0.15) is 0 Å². The van der Waals surface area contributed by atoms with Crippen LogP contribution in [0.3, 0.4) is 0 Å². The SMILES string of the molecule is CCCOc1ccc(C(C)NC(=NCCN2C(=O)CNC2=O)NCC)cc1OCCC.I. The Hall–Kier alpha value is -2.24. The highest BCUT2D eigenvalue weighted by Crippen LogP contribution is 2.31. The quantitative estimate of drug-likeness (QED) is 0.157. The lowest BCUT2D eigenvalue weighted by atomic mass is 10.1. The lowest BCUT2D eigenvalue weighted by molar-refractivity contribution is -0.124. The maximum atomic E-state index is 11.7. The number of amides is 3. The van der Waals surface area contributed by atoms with Crippen molar-refractivity contribution in [3.8, 4) is 11.5 Å². The smallest absolute Gasteiger partial charge is 0.324 e. The summed E-state index contributed by atoms with van der Waals surface area (Å²) in [6.07, 6.45) is 1.85. The monoisotopic (exact) mass is 561 g/mol. The number of guanidine groups is 1. The second-order valence-corrected chi connectivity index (χ2v) is 7.23. The molecule has 1 aromatic carbocycles. The van der Waals surface area contributed by atoms with Crippen LogP contribution in [-0.4, -0.2) is 62.2 Å². The molecule has 0 bridgehead atoms. The summed E-state index contributed by atoms with van der Waals surface area (Å²) >= 11 is 0. The van der Waals surface area contributed by atoms with E-state index in [4.69, 9.17) is 9.47 Å². The van der Waals surface area contributed by atoms with Crippen molar-refractivity contribution in [2.75, 3.05) is 39.4 Å². The molecule has 0 aliphatic carbocycles. The third kappa shape index (κ3) is 8.36. The molecule has 1 heterocycles. The number of urea groups is 1. The predicted octanol–water partition coefficient (Wildman–Crippen LogP) is 3.05. The van der Waals surface area contributed by atoms with Crippen molar-refractivity contribution in [3.05, 3.63) is 23.8 Å². The van der Waals surface area contributed by atoms with Crippen molar-refractivity contribution in [1.29, 1.82) is 0 Å². The lowest BCUT2D eigenvalue weighted by Gasteiger charge is -2.20. The summed E-state index contributed by atoms with van der Waals surface area (Å²) < 4.78 is 11.7. The topological polar surface area (TPSA) is 104 Å². The molecule has 0 aromatic heterocycles. The molecule has 0 saturated carbocycles. The largest absolute Gasteiger partial charge is 0.490 e. The fraction of sp³-hybridized carbons (Fsp3) is 0.591. The Morgan fingerprint density at radius 3 is 2.44 bits per heavy atom. The van der Waals surface area contributed by atoms with Crippen LogP contribution in [0.2, 0.25) is 0 Å². The molecule has 1 atom stereocenters. The number of nitrogens with one attached hydrogen (secondary N) is 3. The Bertz CT molecular complexity index is 759. The summed E-state index contributed by atoms with van der Waals surface area (Å²) in [7, 11) is 0. The van der Waals surface area contributed by atoms with Crippen LogP contribution in [0.15, 0.2) is 23.2 Å². The van der Waals surface area contributed by atoms with Crippen molar-refractivity contribution in [1.82, 2.24) is 20.9 Å². The Labute approximate surface area is 207 Å². The maximum absolute atomic E-state index is 11.7. The molecule has 0 radical (unpaired) electrons. The summed E-state index contributed by atoms with van der Waals surface area (Å²) in [5.74, 6) is 1.88. The van der Waals surface area contributed by atoms with E-state index in [-0.39, 0.29) is 55.0 Å². The molecule has 180 valence electrons. The summed E-state index contributed by atoms with van der Waals surface area (Å²) in [6.45, 7) is 10.7. The standard InChI is InChI=1S/C22H35N5O4.HI/c1-5-12-30-18-9-8-17(14-19(18)31-13-6-2)16(4)26-21(23-7-3)24-10-11-27-20(28)15-25-22(27)29;/h8-9,14,16H,5-7,10-13,15H2,1-4H3,(H,25,29)(H2,23,24,26);1H. The van der Waals surface area contributed by atoms with Gasteiger partial charge in [-0.15, -0.1) is 24.0 Å². The molecule has 1 saturated heterocycles. The molecule has 0 spiro atoms. The first kappa shape index (κ1) is 27.8. The number of aliphatic imine (C=N–C) groups is 1. The highest BCUT2D eigenvalue weighted by atomic mass is 127. The Kier molecular flexibility index (Phi) is 12.8. The predicted molar refractivity (Wildman–Crippen MR) is 136 cm³/mol. The molecular formula is C22H36IN5O4. The highest BCUT2D eigenvalue weighted by molar-refractivity contribution is 14.0. The zero-order valence-corrected chi connectivity index (χ0v) is 21.7. The van der Waals surface area contributed by atoms with Crippen molar-refractivity contribution in [3.63, 3.8) is 0 Å². The van der Waals surface area contributed by atoms with Crippen LogP contribution in [0, 0.1) is 0 Å². The number of hydrogen-bond donors (Lipinski definition) is 3. The van der Waals surface area contributed by atoms with Crippen LogP contribution >= 0.6 is 24.0 Å². The number of carbonyl (C=O) groups excluding carboxylic acids is 2. The highest BCUT2D eigenvalue weighted by Gasteiger charge is 2.27. The number of benzene rings is 1. The van der Waals surface area contributed by atoms with Crippen molar-refractivity contribution in [2.45, 2.75) is 46.6 Å². The Morgan fingerprint density at radius 2 is 1.84 bits per heavy atom. The molecule has 1 aromatic rings. The number of hydrogen-bond acceptors (Lipinski definition) is 5. The minimum Gasteiger partial charge on any atom is -0.490 e. The number of ether oxygens (including phenoxy) is 2. The fourth-order valence-electron chi connectivity index (χ4n) is 3.00. The molecule has 1 aliphatic heterocycles. The van der Waals surface area contributed by atoms with Gasteiger partial charge in [0.25, 0.3) is 0 Å². The molecule has 1 fully saturated rings. The first-order valence-electron chi connectivity index (χ1n) is 11.0. The molecule has 32 heavy (non-hydrogen) atoms. The number of halogens is 1. The van der Waals surface area contributed by atoms with Gasteiger partial charge in [0, 0.05) is 6.54 Å². The number of imide groups is 1. The summed E-state index contributed by atoms with van der Waals surface area (Å²) in [5.41, 5.74) is 1.04. The third-order valence-electron chi connectivity index (χ3n) is 4.62. The Morgan fingerprint density at radius 1 is 1.16 bits per heavy atom. The van der Waals surface area contributed by atoms with Crippen molar-refractivity contribution >= 4 is 41.9 Å². The van der Waals surface area contributed by atoms with Gasteiger partial charge in [0.1, 0.15) is 0 Å². The van der Waals surface area contributed by atoms with Crippen molar-refractivity contribution in [2.24, 2.45) is 4.99 Å².